The molecule has 0 amide bonds. The number of benzene rings is 1. The summed E-state index contributed by atoms with van der Waals surface area (Å²) in [5.74, 6) is 0.728. The summed E-state index contributed by atoms with van der Waals surface area (Å²) in [5.41, 5.74) is 8.67. The third kappa shape index (κ3) is 2.91. The first-order chi connectivity index (χ1) is 10.1. The van der Waals surface area contributed by atoms with Crippen molar-refractivity contribution in [3.8, 4) is 11.1 Å². The Balaban J connectivity index is 1.89. The van der Waals surface area contributed by atoms with Gasteiger partial charge in [0.25, 0.3) is 0 Å². The SMILES string of the molecule is Nc1ncccc1-c1cccc(CN2CCCS2(=O)=O)c1. The van der Waals surface area contributed by atoms with E-state index in [1.54, 1.807) is 10.5 Å². The second-order valence-electron chi connectivity index (χ2n) is 5.14. The van der Waals surface area contributed by atoms with E-state index in [-0.39, 0.29) is 5.75 Å². The second kappa shape index (κ2) is 5.46. The number of hydrogen-bond acceptors (Lipinski definition) is 4. The van der Waals surface area contributed by atoms with E-state index in [2.05, 4.69) is 4.98 Å². The number of nitrogen functional groups attached to an aromatic ring is 1. The summed E-state index contributed by atoms with van der Waals surface area (Å²) in [6.07, 6.45) is 2.36. The van der Waals surface area contributed by atoms with Crippen LogP contribution in [0, 0.1) is 0 Å². The molecular formula is C15H17N3O2S. The molecule has 1 aromatic heterocycles. The van der Waals surface area contributed by atoms with Crippen LogP contribution in [0.5, 0.6) is 0 Å². The van der Waals surface area contributed by atoms with Crippen molar-refractivity contribution in [3.63, 3.8) is 0 Å². The van der Waals surface area contributed by atoms with Crippen molar-refractivity contribution in [1.29, 1.82) is 0 Å². The van der Waals surface area contributed by atoms with Crippen LogP contribution in [-0.2, 0) is 16.6 Å². The van der Waals surface area contributed by atoms with Crippen LogP contribution >= 0.6 is 0 Å². The Morgan fingerprint density at radius 2 is 2.10 bits per heavy atom. The van der Waals surface area contributed by atoms with Crippen LogP contribution in [0.15, 0.2) is 42.6 Å². The largest absolute Gasteiger partial charge is 0.383 e. The third-order valence-electron chi connectivity index (χ3n) is 3.64. The van der Waals surface area contributed by atoms with Gasteiger partial charge in [0.1, 0.15) is 5.82 Å². The summed E-state index contributed by atoms with van der Waals surface area (Å²) in [6.45, 7) is 1.01. The highest BCUT2D eigenvalue weighted by Crippen LogP contribution is 2.26. The monoisotopic (exact) mass is 303 g/mol. The Morgan fingerprint density at radius 1 is 1.24 bits per heavy atom. The first-order valence-electron chi connectivity index (χ1n) is 6.84. The number of nitrogens with two attached hydrogens (primary N) is 1. The molecule has 0 radical (unpaired) electrons. The Kier molecular flexibility index (Phi) is 3.65. The number of pyridine rings is 1. The van der Waals surface area contributed by atoms with E-state index in [9.17, 15) is 8.42 Å². The van der Waals surface area contributed by atoms with Gasteiger partial charge in [-0.2, -0.15) is 4.31 Å². The summed E-state index contributed by atoms with van der Waals surface area (Å²) in [4.78, 5) is 4.08. The van der Waals surface area contributed by atoms with Crippen LogP contribution in [-0.4, -0.2) is 30.0 Å². The molecule has 1 saturated heterocycles. The first-order valence-corrected chi connectivity index (χ1v) is 8.45. The van der Waals surface area contributed by atoms with Gasteiger partial charge >= 0.3 is 0 Å². The zero-order valence-corrected chi connectivity index (χ0v) is 12.4. The molecule has 1 aliphatic heterocycles. The van der Waals surface area contributed by atoms with Gasteiger partial charge in [0, 0.05) is 24.8 Å². The maximum atomic E-state index is 11.9. The summed E-state index contributed by atoms with van der Waals surface area (Å²) in [7, 11) is -3.07. The summed E-state index contributed by atoms with van der Waals surface area (Å²) >= 11 is 0. The van der Waals surface area contributed by atoms with E-state index < -0.39 is 10.0 Å². The number of anilines is 1. The minimum absolute atomic E-state index is 0.252. The zero-order valence-electron chi connectivity index (χ0n) is 11.6. The normalized spacial score (nSPS) is 17.9. The van der Waals surface area contributed by atoms with Crippen molar-refractivity contribution in [2.24, 2.45) is 0 Å². The van der Waals surface area contributed by atoms with E-state index in [0.717, 1.165) is 16.7 Å². The molecule has 0 bridgehead atoms. The van der Waals surface area contributed by atoms with Crippen LogP contribution < -0.4 is 5.73 Å². The number of rotatable bonds is 3. The molecule has 21 heavy (non-hydrogen) atoms. The van der Waals surface area contributed by atoms with Gasteiger partial charge in [-0.05, 0) is 35.7 Å². The molecule has 110 valence electrons. The van der Waals surface area contributed by atoms with Gasteiger partial charge in [-0.15, -0.1) is 0 Å². The van der Waals surface area contributed by atoms with Crippen LogP contribution in [0.1, 0.15) is 12.0 Å². The maximum Gasteiger partial charge on any atom is 0.214 e. The fourth-order valence-corrected chi connectivity index (χ4v) is 4.08. The van der Waals surface area contributed by atoms with Gasteiger partial charge in [-0.25, -0.2) is 13.4 Å². The Bertz CT molecular complexity index is 759. The van der Waals surface area contributed by atoms with Crippen LogP contribution in [0.25, 0.3) is 11.1 Å². The molecule has 0 unspecified atom stereocenters. The third-order valence-corrected chi connectivity index (χ3v) is 5.54. The Hall–Kier alpha value is -1.92. The van der Waals surface area contributed by atoms with Crippen molar-refractivity contribution in [1.82, 2.24) is 9.29 Å². The molecule has 0 spiro atoms. The van der Waals surface area contributed by atoms with Gasteiger partial charge in [0.15, 0.2) is 0 Å². The molecule has 0 atom stereocenters. The summed E-state index contributed by atoms with van der Waals surface area (Å²) < 4.78 is 25.3. The lowest BCUT2D eigenvalue weighted by atomic mass is 10.0. The van der Waals surface area contributed by atoms with Gasteiger partial charge in [-0.1, -0.05) is 18.2 Å². The molecule has 2 heterocycles. The van der Waals surface area contributed by atoms with E-state index in [1.807, 2.05) is 36.4 Å². The van der Waals surface area contributed by atoms with E-state index >= 15 is 0 Å². The molecule has 2 N–H and O–H groups in total. The van der Waals surface area contributed by atoms with E-state index in [0.29, 0.717) is 25.3 Å². The molecule has 0 saturated carbocycles. The molecule has 1 fully saturated rings. The second-order valence-corrected chi connectivity index (χ2v) is 7.23. The van der Waals surface area contributed by atoms with E-state index in [4.69, 9.17) is 5.73 Å². The molecule has 6 heteroatoms. The van der Waals surface area contributed by atoms with Crippen LogP contribution in [0.4, 0.5) is 5.82 Å². The highest BCUT2D eigenvalue weighted by molar-refractivity contribution is 7.89. The average Bonchev–Trinajstić information content (AvgIpc) is 2.79. The average molecular weight is 303 g/mol. The minimum atomic E-state index is -3.07. The molecule has 2 aromatic rings. The molecule has 5 nitrogen and oxygen atoms in total. The Morgan fingerprint density at radius 3 is 2.81 bits per heavy atom. The standard InChI is InChI=1S/C15H17N3O2S/c16-15-14(6-2-7-17-15)13-5-1-4-12(10-13)11-18-8-3-9-21(18,19)20/h1-2,4-7,10H,3,8-9,11H2,(H2,16,17). The zero-order chi connectivity index (χ0) is 14.9. The van der Waals surface area contributed by atoms with Gasteiger partial charge in [0.2, 0.25) is 10.0 Å². The lowest BCUT2D eigenvalue weighted by Crippen LogP contribution is -2.25. The van der Waals surface area contributed by atoms with Crippen molar-refractivity contribution in [2.75, 3.05) is 18.0 Å². The highest BCUT2D eigenvalue weighted by atomic mass is 32.2. The van der Waals surface area contributed by atoms with Crippen LogP contribution in [0.2, 0.25) is 0 Å². The smallest absolute Gasteiger partial charge is 0.214 e. The number of nitrogens with zero attached hydrogens (tertiary/aromatic N) is 2. The topological polar surface area (TPSA) is 76.3 Å². The van der Waals surface area contributed by atoms with Crippen molar-refractivity contribution >= 4 is 15.8 Å². The van der Waals surface area contributed by atoms with Crippen molar-refractivity contribution in [2.45, 2.75) is 13.0 Å². The number of hydrogen-bond donors (Lipinski definition) is 1. The minimum Gasteiger partial charge on any atom is -0.383 e. The maximum absolute atomic E-state index is 11.9. The summed E-state index contributed by atoms with van der Waals surface area (Å²) in [6, 6.07) is 11.5. The molecule has 3 rings (SSSR count). The molecular weight excluding hydrogens is 286 g/mol. The van der Waals surface area contributed by atoms with Crippen molar-refractivity contribution < 1.29 is 8.42 Å². The van der Waals surface area contributed by atoms with Crippen LogP contribution in [0.3, 0.4) is 0 Å². The number of aromatic nitrogens is 1. The first kappa shape index (κ1) is 14.0. The quantitative estimate of drug-likeness (QED) is 0.939. The highest BCUT2D eigenvalue weighted by Gasteiger charge is 2.27. The lowest BCUT2D eigenvalue weighted by Gasteiger charge is -2.15. The van der Waals surface area contributed by atoms with Gasteiger partial charge in [0.05, 0.1) is 5.75 Å². The summed E-state index contributed by atoms with van der Waals surface area (Å²) in [5, 5.41) is 0. The molecule has 0 aliphatic carbocycles. The Labute approximate surface area is 124 Å². The predicted molar refractivity (Wildman–Crippen MR) is 82.9 cm³/mol. The molecule has 1 aromatic carbocycles. The number of sulfonamides is 1. The van der Waals surface area contributed by atoms with E-state index in [1.165, 1.54) is 0 Å². The fourth-order valence-electron chi connectivity index (χ4n) is 2.57. The predicted octanol–water partition coefficient (Wildman–Crippen LogP) is 1.87. The van der Waals surface area contributed by atoms with Crippen molar-refractivity contribution in [3.05, 3.63) is 48.2 Å². The fraction of sp³-hybridized carbons (Fsp3) is 0.267. The van der Waals surface area contributed by atoms with Gasteiger partial charge in [-0.3, -0.25) is 0 Å². The lowest BCUT2D eigenvalue weighted by molar-refractivity contribution is 0.440. The molecule has 1 aliphatic rings. The van der Waals surface area contributed by atoms with Gasteiger partial charge < -0.3 is 5.73 Å².